The van der Waals surface area contributed by atoms with Crippen LogP contribution in [0.4, 0.5) is 13.2 Å². The molecule has 0 amide bonds. The number of rotatable bonds is 5. The first-order valence-electron chi connectivity index (χ1n) is 4.75. The fourth-order valence-electron chi connectivity index (χ4n) is 1.12. The van der Waals surface area contributed by atoms with Crippen LogP contribution in [0.5, 0.6) is 0 Å². The molecule has 0 aliphatic rings. The second-order valence-electron chi connectivity index (χ2n) is 3.19. The van der Waals surface area contributed by atoms with Crippen molar-refractivity contribution in [3.05, 3.63) is 30.1 Å². The van der Waals surface area contributed by atoms with E-state index < -0.39 is 12.6 Å². The molecule has 0 spiro atoms. The predicted molar refractivity (Wildman–Crippen MR) is 51.5 cm³/mol. The molecule has 5 heteroatoms. The summed E-state index contributed by atoms with van der Waals surface area (Å²) in [5.74, 6) is 0. The Bertz CT molecular complexity index is 272. The van der Waals surface area contributed by atoms with Gasteiger partial charge in [-0.15, -0.1) is 0 Å². The minimum atomic E-state index is -4.07. The zero-order valence-corrected chi connectivity index (χ0v) is 8.22. The van der Waals surface area contributed by atoms with Gasteiger partial charge >= 0.3 is 6.18 Å². The molecule has 84 valence electrons. The Morgan fingerprint density at radius 1 is 1.20 bits per heavy atom. The summed E-state index contributed by atoms with van der Waals surface area (Å²) in [7, 11) is 0. The van der Waals surface area contributed by atoms with Crippen molar-refractivity contribution in [3.8, 4) is 0 Å². The van der Waals surface area contributed by atoms with Crippen LogP contribution >= 0.6 is 0 Å². The van der Waals surface area contributed by atoms with E-state index in [1.165, 1.54) is 0 Å². The van der Waals surface area contributed by atoms with Gasteiger partial charge in [0.25, 0.3) is 0 Å². The SMILES string of the molecule is FC(F)(F)CCNCCc1ccccn1. The molecule has 0 radical (unpaired) electrons. The molecule has 1 N–H and O–H groups in total. The number of hydrogen-bond donors (Lipinski definition) is 1. The molecule has 0 bridgehead atoms. The third-order valence-corrected chi connectivity index (χ3v) is 1.87. The summed E-state index contributed by atoms with van der Waals surface area (Å²) in [6, 6.07) is 5.52. The number of aromatic nitrogens is 1. The van der Waals surface area contributed by atoms with Crippen LogP contribution in [-0.2, 0) is 6.42 Å². The number of hydrogen-bond acceptors (Lipinski definition) is 2. The standard InChI is InChI=1S/C10H13F3N2/c11-10(12,13)5-8-14-7-4-9-3-1-2-6-15-9/h1-3,6,14H,4-5,7-8H2. The van der Waals surface area contributed by atoms with E-state index in [2.05, 4.69) is 10.3 Å². The van der Waals surface area contributed by atoms with Gasteiger partial charge in [-0.05, 0) is 12.1 Å². The highest BCUT2D eigenvalue weighted by Gasteiger charge is 2.25. The van der Waals surface area contributed by atoms with E-state index in [9.17, 15) is 13.2 Å². The van der Waals surface area contributed by atoms with Gasteiger partial charge in [0.15, 0.2) is 0 Å². The van der Waals surface area contributed by atoms with Gasteiger partial charge in [-0.3, -0.25) is 4.98 Å². The minimum Gasteiger partial charge on any atom is -0.316 e. The van der Waals surface area contributed by atoms with Crippen LogP contribution in [0.25, 0.3) is 0 Å². The van der Waals surface area contributed by atoms with Crippen molar-refractivity contribution >= 4 is 0 Å². The Hall–Kier alpha value is -1.10. The molecule has 0 saturated carbocycles. The number of halogens is 3. The molecule has 1 heterocycles. The van der Waals surface area contributed by atoms with E-state index in [0.717, 1.165) is 5.69 Å². The average molecular weight is 218 g/mol. The molecule has 1 aromatic rings. The largest absolute Gasteiger partial charge is 0.390 e. The third kappa shape index (κ3) is 6.06. The molecule has 15 heavy (non-hydrogen) atoms. The molecule has 0 aliphatic carbocycles. The van der Waals surface area contributed by atoms with Crippen LogP contribution in [-0.4, -0.2) is 24.2 Å². The van der Waals surface area contributed by atoms with Crippen LogP contribution < -0.4 is 5.32 Å². The number of nitrogens with one attached hydrogen (secondary N) is 1. The lowest BCUT2D eigenvalue weighted by molar-refractivity contribution is -0.133. The Kier molecular flexibility index (Phi) is 4.55. The lowest BCUT2D eigenvalue weighted by Gasteiger charge is -2.07. The lowest BCUT2D eigenvalue weighted by Crippen LogP contribution is -2.23. The summed E-state index contributed by atoms with van der Waals surface area (Å²) in [4.78, 5) is 4.06. The Balaban J connectivity index is 2.08. The molecule has 0 saturated heterocycles. The van der Waals surface area contributed by atoms with E-state index in [4.69, 9.17) is 0 Å². The second kappa shape index (κ2) is 5.70. The number of alkyl halides is 3. The van der Waals surface area contributed by atoms with Crippen LogP contribution in [0.15, 0.2) is 24.4 Å². The Morgan fingerprint density at radius 3 is 2.60 bits per heavy atom. The molecule has 0 unspecified atom stereocenters. The normalized spacial score (nSPS) is 11.7. The maximum Gasteiger partial charge on any atom is 0.390 e. The molecule has 2 nitrogen and oxygen atoms in total. The summed E-state index contributed by atoms with van der Waals surface area (Å²) in [5.41, 5.74) is 0.886. The smallest absolute Gasteiger partial charge is 0.316 e. The molecular weight excluding hydrogens is 205 g/mol. The first kappa shape index (κ1) is 12.0. The highest BCUT2D eigenvalue weighted by Crippen LogP contribution is 2.17. The van der Waals surface area contributed by atoms with Crippen molar-refractivity contribution < 1.29 is 13.2 Å². The molecule has 0 atom stereocenters. The average Bonchev–Trinajstić information content (AvgIpc) is 2.17. The zero-order valence-electron chi connectivity index (χ0n) is 8.22. The van der Waals surface area contributed by atoms with E-state index >= 15 is 0 Å². The van der Waals surface area contributed by atoms with Gasteiger partial charge in [0.2, 0.25) is 0 Å². The number of pyridine rings is 1. The van der Waals surface area contributed by atoms with E-state index in [1.807, 2.05) is 12.1 Å². The summed E-state index contributed by atoms with van der Waals surface area (Å²) in [5, 5.41) is 2.73. The quantitative estimate of drug-likeness (QED) is 0.766. The first-order valence-corrected chi connectivity index (χ1v) is 4.75. The second-order valence-corrected chi connectivity index (χ2v) is 3.19. The van der Waals surface area contributed by atoms with Gasteiger partial charge in [0.05, 0.1) is 6.42 Å². The summed E-state index contributed by atoms with van der Waals surface area (Å²) in [6.07, 6.45) is -2.53. The molecule has 1 aromatic heterocycles. The van der Waals surface area contributed by atoms with E-state index in [0.29, 0.717) is 13.0 Å². The van der Waals surface area contributed by atoms with Crippen molar-refractivity contribution in [2.75, 3.05) is 13.1 Å². The minimum absolute atomic E-state index is 0.0314. The Morgan fingerprint density at radius 2 is 2.00 bits per heavy atom. The molecule has 1 rings (SSSR count). The zero-order chi connectivity index (χ0) is 11.1. The third-order valence-electron chi connectivity index (χ3n) is 1.87. The van der Waals surface area contributed by atoms with Crippen LogP contribution in [0.1, 0.15) is 12.1 Å². The van der Waals surface area contributed by atoms with Gasteiger partial charge in [-0.1, -0.05) is 6.07 Å². The highest BCUT2D eigenvalue weighted by atomic mass is 19.4. The van der Waals surface area contributed by atoms with E-state index in [-0.39, 0.29) is 6.54 Å². The van der Waals surface area contributed by atoms with Crippen LogP contribution in [0.2, 0.25) is 0 Å². The number of nitrogens with zero attached hydrogens (tertiary/aromatic N) is 1. The maximum atomic E-state index is 11.8. The summed E-state index contributed by atoms with van der Waals surface area (Å²) >= 11 is 0. The summed E-state index contributed by atoms with van der Waals surface area (Å²) in [6.45, 7) is 0.490. The molecular formula is C10H13F3N2. The lowest BCUT2D eigenvalue weighted by atomic mass is 10.2. The topological polar surface area (TPSA) is 24.9 Å². The van der Waals surface area contributed by atoms with Crippen LogP contribution in [0, 0.1) is 0 Å². The van der Waals surface area contributed by atoms with Crippen molar-refractivity contribution in [2.24, 2.45) is 0 Å². The van der Waals surface area contributed by atoms with Gasteiger partial charge in [0.1, 0.15) is 0 Å². The maximum absolute atomic E-state index is 11.8. The van der Waals surface area contributed by atoms with Crippen molar-refractivity contribution in [1.82, 2.24) is 10.3 Å². The van der Waals surface area contributed by atoms with Gasteiger partial charge in [-0.25, -0.2) is 0 Å². The van der Waals surface area contributed by atoms with Crippen LogP contribution in [0.3, 0.4) is 0 Å². The Labute approximate surface area is 86.5 Å². The first-order chi connectivity index (χ1) is 7.08. The van der Waals surface area contributed by atoms with Gasteiger partial charge < -0.3 is 5.32 Å². The molecule has 0 fully saturated rings. The fraction of sp³-hybridized carbons (Fsp3) is 0.500. The molecule has 0 aromatic carbocycles. The highest BCUT2D eigenvalue weighted by molar-refractivity contribution is 5.03. The fourth-order valence-corrected chi connectivity index (χ4v) is 1.12. The monoisotopic (exact) mass is 218 g/mol. The molecule has 0 aliphatic heterocycles. The van der Waals surface area contributed by atoms with Gasteiger partial charge in [-0.2, -0.15) is 13.2 Å². The summed E-state index contributed by atoms with van der Waals surface area (Å²) < 4.78 is 35.3. The van der Waals surface area contributed by atoms with Crippen molar-refractivity contribution in [2.45, 2.75) is 19.0 Å². The van der Waals surface area contributed by atoms with E-state index in [1.54, 1.807) is 12.3 Å². The van der Waals surface area contributed by atoms with Gasteiger partial charge in [0, 0.05) is 31.4 Å². The van der Waals surface area contributed by atoms with Crippen molar-refractivity contribution in [1.29, 1.82) is 0 Å². The van der Waals surface area contributed by atoms with Crippen molar-refractivity contribution in [3.63, 3.8) is 0 Å². The predicted octanol–water partition coefficient (Wildman–Crippen LogP) is 2.17.